The molecule has 28 heavy (non-hydrogen) atoms. The summed E-state index contributed by atoms with van der Waals surface area (Å²) in [5.74, 6) is 0.591. The first-order chi connectivity index (χ1) is 13.5. The fourth-order valence-corrected chi connectivity index (χ4v) is 3.45. The Kier molecular flexibility index (Phi) is 4.46. The summed E-state index contributed by atoms with van der Waals surface area (Å²) in [6, 6.07) is 9.77. The molecule has 0 unspecified atom stereocenters. The van der Waals surface area contributed by atoms with Gasteiger partial charge in [0.2, 0.25) is 5.95 Å². The van der Waals surface area contributed by atoms with E-state index in [1.165, 1.54) is 9.13 Å². The van der Waals surface area contributed by atoms with Crippen molar-refractivity contribution in [3.8, 4) is 0 Å². The maximum atomic E-state index is 13.2. The molecule has 0 fully saturated rings. The van der Waals surface area contributed by atoms with E-state index in [-0.39, 0.29) is 17.8 Å². The normalized spacial score (nSPS) is 14.0. The first-order valence-electron chi connectivity index (χ1n) is 9.24. The first-order valence-corrected chi connectivity index (χ1v) is 9.24. The maximum Gasteiger partial charge on any atom is 0.332 e. The summed E-state index contributed by atoms with van der Waals surface area (Å²) in [6.07, 6.45) is 3.72. The van der Waals surface area contributed by atoms with Crippen LogP contribution < -0.4 is 16.3 Å². The van der Waals surface area contributed by atoms with Crippen molar-refractivity contribution in [3.05, 3.63) is 62.8 Å². The molecule has 0 radical (unpaired) electrons. The second kappa shape index (κ2) is 6.95. The number of aromatic nitrogens is 4. The quantitative estimate of drug-likeness (QED) is 0.694. The highest BCUT2D eigenvalue weighted by Crippen LogP contribution is 2.23. The molecule has 8 heteroatoms. The van der Waals surface area contributed by atoms with Crippen LogP contribution in [0, 0.1) is 0 Å². The van der Waals surface area contributed by atoms with Crippen molar-refractivity contribution in [3.63, 3.8) is 0 Å². The zero-order valence-corrected chi connectivity index (χ0v) is 16.2. The van der Waals surface area contributed by atoms with Gasteiger partial charge in [-0.05, 0) is 19.4 Å². The second-order valence-electron chi connectivity index (χ2n) is 6.79. The SMILES string of the molecule is CCN1N=C(C)Cn2c1nc1c2c(=O)n(C/C=C/c2ccccc2)c(=O)n1C. The molecule has 8 nitrogen and oxygen atoms in total. The van der Waals surface area contributed by atoms with Crippen molar-refractivity contribution in [2.45, 2.75) is 26.9 Å². The number of benzene rings is 1. The number of anilines is 1. The Morgan fingerprint density at radius 1 is 1.18 bits per heavy atom. The Labute approximate surface area is 161 Å². The summed E-state index contributed by atoms with van der Waals surface area (Å²) in [7, 11) is 1.64. The summed E-state index contributed by atoms with van der Waals surface area (Å²) < 4.78 is 4.52. The minimum Gasteiger partial charge on any atom is -0.297 e. The van der Waals surface area contributed by atoms with Crippen molar-refractivity contribution >= 4 is 28.9 Å². The fraction of sp³-hybridized carbons (Fsp3) is 0.300. The predicted molar refractivity (Wildman–Crippen MR) is 111 cm³/mol. The van der Waals surface area contributed by atoms with Gasteiger partial charge in [0.15, 0.2) is 11.2 Å². The standard InChI is InChI=1S/C20H22N6O2/c1-4-26-19-21-17-16(25(19)13-14(2)22-26)18(27)24(20(28)23(17)3)12-8-11-15-9-6-5-7-10-15/h5-11H,4,12-13H2,1-3H3/b11-8+. The molecule has 4 rings (SSSR count). The van der Waals surface area contributed by atoms with Crippen LogP contribution in [0.1, 0.15) is 19.4 Å². The van der Waals surface area contributed by atoms with Crippen molar-refractivity contribution in [2.24, 2.45) is 12.1 Å². The van der Waals surface area contributed by atoms with E-state index in [2.05, 4.69) is 10.1 Å². The van der Waals surface area contributed by atoms with Gasteiger partial charge in [-0.15, -0.1) is 0 Å². The summed E-state index contributed by atoms with van der Waals surface area (Å²) in [5.41, 5.74) is 2.00. The van der Waals surface area contributed by atoms with Gasteiger partial charge in [0.1, 0.15) is 0 Å². The van der Waals surface area contributed by atoms with Crippen LogP contribution in [0.25, 0.3) is 17.2 Å². The summed E-state index contributed by atoms with van der Waals surface area (Å²) in [5, 5.41) is 6.24. The maximum absolute atomic E-state index is 13.2. The van der Waals surface area contributed by atoms with E-state index in [4.69, 9.17) is 0 Å². The largest absolute Gasteiger partial charge is 0.332 e. The number of allylic oxidation sites excluding steroid dienone is 1. The molecule has 0 saturated heterocycles. The Bertz CT molecular complexity index is 1210. The van der Waals surface area contributed by atoms with Crippen LogP contribution in [0.2, 0.25) is 0 Å². The van der Waals surface area contributed by atoms with Gasteiger partial charge in [0.05, 0.1) is 12.3 Å². The lowest BCUT2D eigenvalue weighted by Crippen LogP contribution is -2.39. The molecule has 2 aromatic heterocycles. The summed E-state index contributed by atoms with van der Waals surface area (Å²) >= 11 is 0. The summed E-state index contributed by atoms with van der Waals surface area (Å²) in [6.45, 7) is 5.19. The molecular weight excluding hydrogens is 356 g/mol. The number of aryl methyl sites for hydroxylation is 1. The molecule has 3 heterocycles. The van der Waals surface area contributed by atoms with Crippen LogP contribution in [0.4, 0.5) is 5.95 Å². The molecule has 1 aliphatic rings. The molecule has 0 aliphatic carbocycles. The Morgan fingerprint density at radius 3 is 2.64 bits per heavy atom. The molecule has 1 aliphatic heterocycles. The molecule has 0 atom stereocenters. The minimum absolute atomic E-state index is 0.196. The first kappa shape index (κ1) is 18.0. The number of nitrogens with zero attached hydrogens (tertiary/aromatic N) is 6. The van der Waals surface area contributed by atoms with Gasteiger partial charge in [-0.1, -0.05) is 42.5 Å². The van der Waals surface area contributed by atoms with Crippen LogP contribution in [0.15, 0.2) is 51.1 Å². The minimum atomic E-state index is -0.383. The molecule has 144 valence electrons. The van der Waals surface area contributed by atoms with Gasteiger partial charge < -0.3 is 0 Å². The Morgan fingerprint density at radius 2 is 1.93 bits per heavy atom. The lowest BCUT2D eigenvalue weighted by Gasteiger charge is -2.23. The van der Waals surface area contributed by atoms with E-state index in [9.17, 15) is 9.59 Å². The van der Waals surface area contributed by atoms with E-state index in [0.29, 0.717) is 30.2 Å². The number of hydrogen-bond acceptors (Lipinski definition) is 5. The monoisotopic (exact) mass is 378 g/mol. The average Bonchev–Trinajstić information content (AvgIpc) is 3.08. The van der Waals surface area contributed by atoms with Crippen LogP contribution in [-0.4, -0.2) is 30.9 Å². The zero-order valence-electron chi connectivity index (χ0n) is 16.2. The van der Waals surface area contributed by atoms with Crippen LogP contribution in [0.3, 0.4) is 0 Å². The van der Waals surface area contributed by atoms with Gasteiger partial charge in [0.25, 0.3) is 5.56 Å². The Hall–Kier alpha value is -3.42. The van der Waals surface area contributed by atoms with Crippen molar-refractivity contribution in [1.82, 2.24) is 18.7 Å². The van der Waals surface area contributed by atoms with Crippen molar-refractivity contribution in [2.75, 3.05) is 11.6 Å². The van der Waals surface area contributed by atoms with Crippen LogP contribution >= 0.6 is 0 Å². The molecule has 0 N–H and O–H groups in total. The van der Waals surface area contributed by atoms with Gasteiger partial charge in [-0.25, -0.2) is 9.80 Å². The fourth-order valence-electron chi connectivity index (χ4n) is 3.45. The lowest BCUT2D eigenvalue weighted by atomic mass is 10.2. The highest BCUT2D eigenvalue weighted by molar-refractivity contribution is 5.87. The van der Waals surface area contributed by atoms with E-state index in [1.54, 1.807) is 12.1 Å². The van der Waals surface area contributed by atoms with E-state index in [1.807, 2.05) is 60.9 Å². The third-order valence-electron chi connectivity index (χ3n) is 4.82. The number of imidazole rings is 1. The van der Waals surface area contributed by atoms with Crippen LogP contribution in [-0.2, 0) is 20.1 Å². The van der Waals surface area contributed by atoms with E-state index >= 15 is 0 Å². The van der Waals surface area contributed by atoms with Gasteiger partial charge in [-0.3, -0.25) is 18.5 Å². The zero-order chi connectivity index (χ0) is 19.8. The smallest absolute Gasteiger partial charge is 0.297 e. The van der Waals surface area contributed by atoms with Crippen molar-refractivity contribution in [1.29, 1.82) is 0 Å². The van der Waals surface area contributed by atoms with E-state index < -0.39 is 0 Å². The second-order valence-corrected chi connectivity index (χ2v) is 6.79. The van der Waals surface area contributed by atoms with Crippen LogP contribution in [0.5, 0.6) is 0 Å². The molecule has 0 bridgehead atoms. The highest BCUT2D eigenvalue weighted by atomic mass is 16.2. The van der Waals surface area contributed by atoms with Gasteiger partial charge >= 0.3 is 5.69 Å². The molecule has 3 aromatic rings. The van der Waals surface area contributed by atoms with Crippen molar-refractivity contribution < 1.29 is 0 Å². The summed E-state index contributed by atoms with van der Waals surface area (Å²) in [4.78, 5) is 30.5. The Balaban J connectivity index is 1.83. The molecular formula is C20H22N6O2. The van der Waals surface area contributed by atoms with Gasteiger partial charge in [-0.2, -0.15) is 10.1 Å². The predicted octanol–water partition coefficient (Wildman–Crippen LogP) is 1.83. The molecule has 1 aromatic carbocycles. The average molecular weight is 378 g/mol. The number of rotatable bonds is 4. The van der Waals surface area contributed by atoms with E-state index in [0.717, 1.165) is 11.3 Å². The third-order valence-corrected chi connectivity index (χ3v) is 4.82. The number of hydrazone groups is 1. The molecule has 0 spiro atoms. The number of fused-ring (bicyclic) bond motifs is 3. The highest BCUT2D eigenvalue weighted by Gasteiger charge is 2.25. The number of hydrogen-bond donors (Lipinski definition) is 0. The topological polar surface area (TPSA) is 77.4 Å². The third kappa shape index (κ3) is 2.87. The van der Waals surface area contributed by atoms with Gasteiger partial charge in [0, 0.05) is 20.1 Å². The lowest BCUT2D eigenvalue weighted by molar-refractivity contribution is 0.664. The molecule has 0 amide bonds. The molecule has 0 saturated carbocycles.